The Bertz CT molecular complexity index is 1170. The molecule has 1 rings (SSSR count). The lowest BCUT2D eigenvalue weighted by Gasteiger charge is -2.47. The van der Waals surface area contributed by atoms with Crippen LogP contribution in [0, 0.1) is 0 Å². The second-order valence-corrected chi connectivity index (χ2v) is 19.4. The summed E-state index contributed by atoms with van der Waals surface area (Å²) in [7, 11) is -1.17. The maximum Gasteiger partial charge on any atom is 0.475 e. The first kappa shape index (κ1) is 57.4. The lowest BCUT2D eigenvalue weighted by molar-refractivity contribution is -0.286. The molecule has 0 aromatic heterocycles. The molecular weight excluding hydrogens is 854 g/mol. The van der Waals surface area contributed by atoms with Gasteiger partial charge in [0.25, 0.3) is 0 Å². The molecule has 7 atom stereocenters. The van der Waals surface area contributed by atoms with Crippen molar-refractivity contribution < 1.29 is 46.6 Å². The summed E-state index contributed by atoms with van der Waals surface area (Å²) in [6.45, 7) is 11.5. The van der Waals surface area contributed by atoms with Crippen LogP contribution < -0.4 is 11.1 Å². The third kappa shape index (κ3) is 26.3. The van der Waals surface area contributed by atoms with Crippen LogP contribution in [0.1, 0.15) is 149 Å². The fourth-order valence-corrected chi connectivity index (χ4v) is 8.34. The Labute approximate surface area is 378 Å². The van der Waals surface area contributed by atoms with Gasteiger partial charge in [0.05, 0.1) is 25.9 Å². The number of carbonyl (C=O) groups is 1. The van der Waals surface area contributed by atoms with Crippen LogP contribution in [0.25, 0.3) is 0 Å². The summed E-state index contributed by atoms with van der Waals surface area (Å²) >= 11 is 18.4. The van der Waals surface area contributed by atoms with Crippen LogP contribution in [0.2, 0.25) is 0 Å². The van der Waals surface area contributed by atoms with E-state index in [0.717, 1.165) is 51.4 Å². The molecule has 0 aromatic carbocycles. The minimum atomic E-state index is -4.31. The first-order chi connectivity index (χ1) is 28.9. The SMILES string of the molecule is C=CCOP(=O)(OCC=C)O[C@@H]1C(COC)O[C@H](OC(N)C(Cl)(Cl)Cl)[C@H](NC(=O)CCCCCCCCC/C=C\CCCCCC)C1OCCC(CCCCCCC)OC. The summed E-state index contributed by atoms with van der Waals surface area (Å²) in [4.78, 5) is 13.7. The van der Waals surface area contributed by atoms with Crippen LogP contribution in [0.5, 0.6) is 0 Å². The van der Waals surface area contributed by atoms with Crippen molar-refractivity contribution in [2.75, 3.05) is 40.6 Å². The fourth-order valence-electron chi connectivity index (χ4n) is 6.86. The molecule has 1 aliphatic rings. The second-order valence-electron chi connectivity index (χ2n) is 15.4. The van der Waals surface area contributed by atoms with Gasteiger partial charge in [-0.05, 0) is 44.9 Å². The number of rotatable bonds is 39. The Morgan fingerprint density at radius 2 is 1.37 bits per heavy atom. The highest BCUT2D eigenvalue weighted by atomic mass is 35.6. The zero-order chi connectivity index (χ0) is 44.5. The van der Waals surface area contributed by atoms with Crippen molar-refractivity contribution in [1.82, 2.24) is 5.32 Å². The molecule has 16 heteroatoms. The van der Waals surface area contributed by atoms with Gasteiger partial charge in [-0.25, -0.2) is 4.57 Å². The normalized spacial score (nSPS) is 21.0. The molecule has 0 bridgehead atoms. The number of hydrogen-bond donors (Lipinski definition) is 2. The monoisotopic (exact) mass is 932 g/mol. The molecule has 1 amide bonds. The molecule has 4 unspecified atom stereocenters. The lowest BCUT2D eigenvalue weighted by Crippen LogP contribution is -2.67. The number of alkyl halides is 3. The van der Waals surface area contributed by atoms with E-state index in [0.29, 0.717) is 12.8 Å². The van der Waals surface area contributed by atoms with Gasteiger partial charge in [-0.2, -0.15) is 0 Å². The van der Waals surface area contributed by atoms with Gasteiger partial charge < -0.3 is 34.7 Å². The van der Waals surface area contributed by atoms with Gasteiger partial charge in [0.15, 0.2) is 12.5 Å². The number of methoxy groups -OCH3 is 2. The summed E-state index contributed by atoms with van der Waals surface area (Å²) in [6, 6.07) is -1.08. The Hall–Kier alpha value is -0.570. The number of hydrogen-bond acceptors (Lipinski definition) is 11. The smallest absolute Gasteiger partial charge is 0.382 e. The van der Waals surface area contributed by atoms with Crippen LogP contribution in [0.15, 0.2) is 37.5 Å². The van der Waals surface area contributed by atoms with Crippen molar-refractivity contribution >= 4 is 48.5 Å². The summed E-state index contributed by atoms with van der Waals surface area (Å²) in [6.07, 6.45) is 23.4. The van der Waals surface area contributed by atoms with E-state index in [4.69, 9.17) is 77.8 Å². The number of nitrogens with two attached hydrogens (primary N) is 1. The van der Waals surface area contributed by atoms with E-state index in [2.05, 4.69) is 44.5 Å². The molecule has 0 saturated carbocycles. The first-order valence-corrected chi connectivity index (χ1v) is 25.0. The van der Waals surface area contributed by atoms with Crippen molar-refractivity contribution in [3.8, 4) is 0 Å². The van der Waals surface area contributed by atoms with Crippen LogP contribution in [0.3, 0.4) is 0 Å². The van der Waals surface area contributed by atoms with E-state index in [1.54, 1.807) is 7.11 Å². The third-order valence-electron chi connectivity index (χ3n) is 10.2. The highest BCUT2D eigenvalue weighted by molar-refractivity contribution is 7.48. The number of phosphoric ester groups is 1. The molecular formula is C44H80Cl3N2O10P. The summed E-state index contributed by atoms with van der Waals surface area (Å²) in [5.41, 5.74) is 6.18. The molecule has 0 aromatic rings. The van der Waals surface area contributed by atoms with Gasteiger partial charge >= 0.3 is 7.82 Å². The van der Waals surface area contributed by atoms with Gasteiger partial charge in [-0.3, -0.25) is 18.4 Å². The maximum absolute atomic E-state index is 14.1. The molecule has 352 valence electrons. The van der Waals surface area contributed by atoms with E-state index in [1.165, 1.54) is 83.5 Å². The summed E-state index contributed by atoms with van der Waals surface area (Å²) in [5.74, 6) is -0.283. The Morgan fingerprint density at radius 3 is 1.92 bits per heavy atom. The number of phosphoric acid groups is 1. The minimum absolute atomic E-state index is 0.0781. The Morgan fingerprint density at radius 1 is 0.817 bits per heavy atom. The highest BCUT2D eigenvalue weighted by Gasteiger charge is 2.53. The molecule has 0 spiro atoms. The van der Waals surface area contributed by atoms with Gasteiger partial charge in [0, 0.05) is 27.2 Å². The molecule has 1 heterocycles. The minimum Gasteiger partial charge on any atom is -0.382 e. The van der Waals surface area contributed by atoms with E-state index >= 15 is 0 Å². The highest BCUT2D eigenvalue weighted by Crippen LogP contribution is 2.52. The lowest BCUT2D eigenvalue weighted by atomic mass is 9.96. The number of amides is 1. The van der Waals surface area contributed by atoms with Crippen molar-refractivity contribution in [2.24, 2.45) is 5.73 Å². The molecule has 3 N–H and O–H groups in total. The number of carbonyl (C=O) groups excluding carboxylic acids is 1. The maximum atomic E-state index is 14.1. The number of halogens is 3. The van der Waals surface area contributed by atoms with Crippen LogP contribution in [0.4, 0.5) is 0 Å². The van der Waals surface area contributed by atoms with Crippen LogP contribution >= 0.6 is 42.6 Å². The van der Waals surface area contributed by atoms with E-state index in [9.17, 15) is 9.36 Å². The van der Waals surface area contributed by atoms with Crippen molar-refractivity contribution in [3.05, 3.63) is 37.5 Å². The van der Waals surface area contributed by atoms with Gasteiger partial charge in [0.2, 0.25) is 9.70 Å². The Kier molecular flexibility index (Phi) is 34.2. The second kappa shape index (κ2) is 35.7. The molecule has 0 radical (unpaired) electrons. The first-order valence-electron chi connectivity index (χ1n) is 22.4. The topological polar surface area (TPSA) is 146 Å². The number of ether oxygens (including phenoxy) is 5. The fraction of sp³-hybridized carbons (Fsp3) is 0.841. The summed E-state index contributed by atoms with van der Waals surface area (Å²) < 4.78 is 59.6. The standard InChI is InChI=1S/C44H80Cl3N2O10P/c1-7-11-13-15-16-17-18-19-20-21-22-23-24-26-28-30-38(50)49-39-41(54-34-31-36(53-6)29-27-25-14-12-8-2)40(59-60(51,55-32-9-3)56-33-10-4)37(35-52-5)57-42(39)58-43(48)44(45,46)47/h9-10,17-18,36-37,39-43H,3-4,7-8,11-16,19-35,48H2,1-2,5-6H3,(H,49,50)/b18-17-/t36?,37?,39-,40-,41?,42-,43?/m1/s1. The van der Waals surface area contributed by atoms with E-state index < -0.39 is 48.5 Å². The molecule has 1 saturated heterocycles. The predicted molar refractivity (Wildman–Crippen MR) is 245 cm³/mol. The van der Waals surface area contributed by atoms with E-state index in [1.807, 2.05) is 0 Å². The van der Waals surface area contributed by atoms with Crippen LogP contribution in [-0.2, 0) is 46.6 Å². The largest absolute Gasteiger partial charge is 0.475 e. The summed E-state index contributed by atoms with van der Waals surface area (Å²) in [5, 5.41) is 3.04. The van der Waals surface area contributed by atoms with Crippen molar-refractivity contribution in [1.29, 1.82) is 0 Å². The number of nitrogens with one attached hydrogen (secondary N) is 1. The van der Waals surface area contributed by atoms with Gasteiger partial charge in [-0.1, -0.05) is 156 Å². The van der Waals surface area contributed by atoms with Gasteiger partial charge in [0.1, 0.15) is 24.4 Å². The molecule has 1 aliphatic heterocycles. The molecule has 0 aliphatic carbocycles. The predicted octanol–water partition coefficient (Wildman–Crippen LogP) is 11.6. The zero-order valence-corrected chi connectivity index (χ0v) is 40.3. The average Bonchev–Trinajstić information content (AvgIpc) is 3.21. The molecule has 12 nitrogen and oxygen atoms in total. The van der Waals surface area contributed by atoms with Crippen molar-refractivity contribution in [2.45, 2.75) is 195 Å². The van der Waals surface area contributed by atoms with Gasteiger partial charge in [-0.15, -0.1) is 13.2 Å². The van der Waals surface area contributed by atoms with Crippen LogP contribution in [-0.4, -0.2) is 93.3 Å². The Balaban J connectivity index is 3.19. The zero-order valence-electron chi connectivity index (χ0n) is 37.2. The number of unbranched alkanes of at least 4 members (excludes halogenated alkanes) is 15. The average molecular weight is 934 g/mol. The quantitative estimate of drug-likeness (QED) is 0.0200. The third-order valence-corrected chi connectivity index (χ3v) is 12.3. The molecule has 60 heavy (non-hydrogen) atoms. The van der Waals surface area contributed by atoms with E-state index in [-0.39, 0.29) is 44.9 Å². The number of allylic oxidation sites excluding steroid dienone is 2. The molecule has 1 fully saturated rings. The van der Waals surface area contributed by atoms with Crippen molar-refractivity contribution in [3.63, 3.8) is 0 Å².